The highest BCUT2D eigenvalue weighted by Crippen LogP contribution is 1.97. The fraction of sp³-hybridized carbons (Fsp3) is 0.429. The molecular weight excluding hydrogens is 196 g/mol. The summed E-state index contributed by atoms with van der Waals surface area (Å²) in [5.74, 6) is 0. The topological polar surface area (TPSA) is 15.3 Å². The Hall–Kier alpha value is -1.12. The second-order valence-corrected chi connectivity index (χ2v) is 4.04. The first kappa shape index (κ1) is 12.9. The lowest BCUT2D eigenvalue weighted by Crippen LogP contribution is -2.30. The quantitative estimate of drug-likeness (QED) is 0.530. The van der Waals surface area contributed by atoms with Gasteiger partial charge in [0.05, 0.1) is 0 Å². The van der Waals surface area contributed by atoms with E-state index >= 15 is 0 Å². The normalized spacial score (nSPS) is 10.6. The van der Waals surface area contributed by atoms with Crippen LogP contribution in [0.4, 0.5) is 0 Å². The first-order chi connectivity index (χ1) is 7.83. The van der Waals surface area contributed by atoms with Crippen molar-refractivity contribution in [3.63, 3.8) is 0 Å². The second-order valence-electron chi connectivity index (χ2n) is 4.04. The van der Waals surface area contributed by atoms with Crippen molar-refractivity contribution in [2.45, 2.75) is 6.42 Å². The highest BCUT2D eigenvalue weighted by Gasteiger charge is 1.94. The minimum Gasteiger partial charge on any atom is -0.315 e. The van der Waals surface area contributed by atoms with E-state index in [0.29, 0.717) is 0 Å². The van der Waals surface area contributed by atoms with E-state index in [-0.39, 0.29) is 0 Å². The van der Waals surface area contributed by atoms with Gasteiger partial charge in [-0.15, -0.1) is 6.58 Å². The Morgan fingerprint density at radius 1 is 1.25 bits per heavy atom. The predicted molar refractivity (Wildman–Crippen MR) is 70.7 cm³/mol. The number of benzene rings is 1. The zero-order valence-corrected chi connectivity index (χ0v) is 10.2. The highest BCUT2D eigenvalue weighted by molar-refractivity contribution is 5.14. The number of hydrogen-bond donors (Lipinski definition) is 1. The lowest BCUT2D eigenvalue weighted by molar-refractivity contribution is 0.366. The van der Waals surface area contributed by atoms with Crippen molar-refractivity contribution in [1.82, 2.24) is 10.2 Å². The molecule has 0 radical (unpaired) electrons. The van der Waals surface area contributed by atoms with Crippen molar-refractivity contribution in [1.29, 1.82) is 0 Å². The molecule has 0 heterocycles. The molecule has 0 aliphatic carbocycles. The number of nitrogens with one attached hydrogen (secondary N) is 1. The molecule has 0 bridgehead atoms. The van der Waals surface area contributed by atoms with E-state index in [1.165, 1.54) is 5.56 Å². The number of hydrogen-bond acceptors (Lipinski definition) is 2. The van der Waals surface area contributed by atoms with Gasteiger partial charge < -0.3 is 10.2 Å². The van der Waals surface area contributed by atoms with Crippen molar-refractivity contribution in [2.24, 2.45) is 0 Å². The average molecular weight is 218 g/mol. The van der Waals surface area contributed by atoms with Gasteiger partial charge in [-0.2, -0.15) is 0 Å². The summed E-state index contributed by atoms with van der Waals surface area (Å²) >= 11 is 0. The van der Waals surface area contributed by atoms with Crippen molar-refractivity contribution < 1.29 is 0 Å². The molecule has 2 nitrogen and oxygen atoms in total. The third-order valence-electron chi connectivity index (χ3n) is 2.54. The summed E-state index contributed by atoms with van der Waals surface area (Å²) in [6.07, 6.45) is 3.04. The molecule has 0 aliphatic rings. The third kappa shape index (κ3) is 5.69. The summed E-state index contributed by atoms with van der Waals surface area (Å²) in [6, 6.07) is 10.6. The SMILES string of the molecule is C=CCN(C)CCNCCc1ccccc1. The largest absolute Gasteiger partial charge is 0.315 e. The van der Waals surface area contributed by atoms with E-state index in [1.54, 1.807) is 0 Å². The second kappa shape index (κ2) is 8.08. The third-order valence-corrected chi connectivity index (χ3v) is 2.54. The molecule has 0 unspecified atom stereocenters. The standard InChI is InChI=1S/C14H22N2/c1-3-12-16(2)13-11-15-10-9-14-7-5-4-6-8-14/h3-8,15H,1,9-13H2,2H3. The lowest BCUT2D eigenvalue weighted by Gasteiger charge is -2.14. The van der Waals surface area contributed by atoms with Gasteiger partial charge in [-0.25, -0.2) is 0 Å². The van der Waals surface area contributed by atoms with E-state index in [0.717, 1.165) is 32.6 Å². The van der Waals surface area contributed by atoms with Crippen LogP contribution in [0.15, 0.2) is 43.0 Å². The van der Waals surface area contributed by atoms with Gasteiger partial charge in [0, 0.05) is 19.6 Å². The summed E-state index contributed by atoms with van der Waals surface area (Å²) < 4.78 is 0. The van der Waals surface area contributed by atoms with Crippen LogP contribution >= 0.6 is 0 Å². The van der Waals surface area contributed by atoms with Gasteiger partial charge >= 0.3 is 0 Å². The maximum absolute atomic E-state index is 3.72. The van der Waals surface area contributed by atoms with Gasteiger partial charge in [0.2, 0.25) is 0 Å². The summed E-state index contributed by atoms with van der Waals surface area (Å²) in [7, 11) is 2.11. The van der Waals surface area contributed by atoms with Crippen LogP contribution in [0, 0.1) is 0 Å². The Morgan fingerprint density at radius 3 is 2.69 bits per heavy atom. The Morgan fingerprint density at radius 2 is 2.00 bits per heavy atom. The smallest absolute Gasteiger partial charge is 0.0158 e. The Labute approximate surface area is 99.0 Å². The molecule has 1 N–H and O–H groups in total. The van der Waals surface area contributed by atoms with Crippen LogP contribution in [-0.2, 0) is 6.42 Å². The fourth-order valence-corrected chi connectivity index (χ4v) is 1.58. The van der Waals surface area contributed by atoms with Crippen LogP contribution in [0.3, 0.4) is 0 Å². The van der Waals surface area contributed by atoms with E-state index < -0.39 is 0 Å². The minimum atomic E-state index is 0.959. The van der Waals surface area contributed by atoms with Gasteiger partial charge in [-0.3, -0.25) is 0 Å². The van der Waals surface area contributed by atoms with Crippen LogP contribution in [0.25, 0.3) is 0 Å². The molecule has 0 aromatic heterocycles. The molecule has 1 aromatic carbocycles. The molecule has 16 heavy (non-hydrogen) atoms. The van der Waals surface area contributed by atoms with Crippen molar-refractivity contribution in [3.05, 3.63) is 48.6 Å². The Bertz CT molecular complexity index is 282. The monoisotopic (exact) mass is 218 g/mol. The van der Waals surface area contributed by atoms with Crippen LogP contribution in [0.5, 0.6) is 0 Å². The van der Waals surface area contributed by atoms with Gasteiger partial charge in [-0.1, -0.05) is 36.4 Å². The summed E-state index contributed by atoms with van der Waals surface area (Å²) in [4.78, 5) is 2.25. The molecule has 0 aliphatic heterocycles. The van der Waals surface area contributed by atoms with Gasteiger partial charge in [0.25, 0.3) is 0 Å². The zero-order chi connectivity index (χ0) is 11.6. The maximum Gasteiger partial charge on any atom is 0.0158 e. The van der Waals surface area contributed by atoms with E-state index in [9.17, 15) is 0 Å². The van der Waals surface area contributed by atoms with E-state index in [1.807, 2.05) is 6.08 Å². The van der Waals surface area contributed by atoms with Crippen LogP contribution in [0.1, 0.15) is 5.56 Å². The maximum atomic E-state index is 3.72. The van der Waals surface area contributed by atoms with Crippen LogP contribution in [0.2, 0.25) is 0 Å². The molecule has 0 fully saturated rings. The Kier molecular flexibility index (Phi) is 6.54. The lowest BCUT2D eigenvalue weighted by atomic mass is 10.1. The highest BCUT2D eigenvalue weighted by atomic mass is 15.1. The van der Waals surface area contributed by atoms with Crippen molar-refractivity contribution in [2.75, 3.05) is 33.2 Å². The zero-order valence-electron chi connectivity index (χ0n) is 10.2. The van der Waals surface area contributed by atoms with E-state index in [4.69, 9.17) is 0 Å². The fourth-order valence-electron chi connectivity index (χ4n) is 1.58. The molecule has 0 saturated carbocycles. The van der Waals surface area contributed by atoms with Crippen molar-refractivity contribution in [3.8, 4) is 0 Å². The molecule has 1 aromatic rings. The molecule has 0 atom stereocenters. The molecule has 0 spiro atoms. The molecule has 0 amide bonds. The van der Waals surface area contributed by atoms with Crippen LogP contribution < -0.4 is 5.32 Å². The number of nitrogens with zero attached hydrogens (tertiary/aromatic N) is 1. The van der Waals surface area contributed by atoms with Crippen LogP contribution in [-0.4, -0.2) is 38.1 Å². The Balaban J connectivity index is 2.02. The summed E-state index contributed by atoms with van der Waals surface area (Å²) in [5.41, 5.74) is 1.40. The van der Waals surface area contributed by atoms with Gasteiger partial charge in [-0.05, 0) is 25.6 Å². The molecule has 1 rings (SSSR count). The molecule has 0 saturated heterocycles. The minimum absolute atomic E-state index is 0.959. The summed E-state index contributed by atoms with van der Waals surface area (Å²) in [5, 5.41) is 3.45. The number of rotatable bonds is 8. The molecule has 2 heteroatoms. The predicted octanol–water partition coefficient (Wildman–Crippen LogP) is 1.94. The van der Waals surface area contributed by atoms with Crippen molar-refractivity contribution >= 4 is 0 Å². The first-order valence-electron chi connectivity index (χ1n) is 5.87. The summed E-state index contributed by atoms with van der Waals surface area (Å²) in [6.45, 7) is 7.84. The molecule has 88 valence electrons. The van der Waals surface area contributed by atoms with Gasteiger partial charge in [0.1, 0.15) is 0 Å². The molecular formula is C14H22N2. The number of likely N-dealkylation sites (N-methyl/N-ethyl adjacent to an activating group) is 1. The van der Waals surface area contributed by atoms with Gasteiger partial charge in [0.15, 0.2) is 0 Å². The average Bonchev–Trinajstić information content (AvgIpc) is 2.30. The first-order valence-corrected chi connectivity index (χ1v) is 5.87. The van der Waals surface area contributed by atoms with E-state index in [2.05, 4.69) is 54.2 Å².